The van der Waals surface area contributed by atoms with Crippen molar-refractivity contribution < 1.29 is 22.7 Å². The van der Waals surface area contributed by atoms with Crippen molar-refractivity contribution in [3.8, 4) is 5.75 Å². The largest absolute Gasteiger partial charge is 0.479 e. The van der Waals surface area contributed by atoms with Gasteiger partial charge in [-0.15, -0.1) is 0 Å². The van der Waals surface area contributed by atoms with E-state index in [1.165, 1.54) is 35.7 Å². The lowest BCUT2D eigenvalue weighted by atomic mass is 9.94. The van der Waals surface area contributed by atoms with Gasteiger partial charge in [0, 0.05) is 25.0 Å². The van der Waals surface area contributed by atoms with Gasteiger partial charge in [-0.2, -0.15) is 4.31 Å². The van der Waals surface area contributed by atoms with Crippen molar-refractivity contribution in [1.29, 1.82) is 0 Å². The molecule has 0 aromatic heterocycles. The molecule has 2 fully saturated rings. The number of nitrogens with zero attached hydrogens (tertiary/aromatic N) is 1. The zero-order valence-electron chi connectivity index (χ0n) is 18.6. The fraction of sp³-hybridized carbons (Fsp3) is 0.652. The highest BCUT2D eigenvalue weighted by atomic mass is 32.2. The Morgan fingerprint density at radius 3 is 2.41 bits per heavy atom. The molecular formula is C23H33N3O5S. The number of hydrogen-bond donors (Lipinski definition) is 2. The second kappa shape index (κ2) is 9.79. The van der Waals surface area contributed by atoms with Crippen molar-refractivity contribution in [1.82, 2.24) is 9.62 Å². The number of carbonyl (C=O) groups is 2. The number of hydrogen-bond acceptors (Lipinski definition) is 5. The molecule has 1 saturated heterocycles. The second-order valence-corrected chi connectivity index (χ2v) is 11.1. The van der Waals surface area contributed by atoms with Crippen LogP contribution in [0.3, 0.4) is 0 Å². The van der Waals surface area contributed by atoms with E-state index in [0.29, 0.717) is 37.4 Å². The Labute approximate surface area is 190 Å². The summed E-state index contributed by atoms with van der Waals surface area (Å²) in [6, 6.07) is 4.78. The molecule has 1 atom stereocenters. The van der Waals surface area contributed by atoms with Crippen LogP contribution >= 0.6 is 0 Å². The van der Waals surface area contributed by atoms with Gasteiger partial charge in [0.25, 0.3) is 5.91 Å². The minimum absolute atomic E-state index is 0.0652. The zero-order valence-corrected chi connectivity index (χ0v) is 19.5. The fourth-order valence-electron chi connectivity index (χ4n) is 4.78. The van der Waals surface area contributed by atoms with Gasteiger partial charge in [-0.05, 0) is 50.8 Å². The van der Waals surface area contributed by atoms with Crippen molar-refractivity contribution in [3.05, 3.63) is 18.2 Å². The van der Waals surface area contributed by atoms with Crippen LogP contribution in [-0.4, -0.2) is 49.8 Å². The van der Waals surface area contributed by atoms with Crippen molar-refractivity contribution in [3.63, 3.8) is 0 Å². The van der Waals surface area contributed by atoms with Gasteiger partial charge >= 0.3 is 0 Å². The topological polar surface area (TPSA) is 105 Å². The van der Waals surface area contributed by atoms with Gasteiger partial charge in [-0.3, -0.25) is 9.59 Å². The van der Waals surface area contributed by atoms with E-state index in [9.17, 15) is 18.0 Å². The van der Waals surface area contributed by atoms with Crippen LogP contribution in [0.5, 0.6) is 5.75 Å². The van der Waals surface area contributed by atoms with E-state index in [0.717, 1.165) is 25.7 Å². The summed E-state index contributed by atoms with van der Waals surface area (Å²) in [7, 11) is -3.72. The number of piperidine rings is 1. The molecule has 1 aromatic rings. The molecule has 3 aliphatic rings. The van der Waals surface area contributed by atoms with Crippen LogP contribution in [-0.2, 0) is 19.6 Å². The standard InChI is InChI=1S/C23H33N3O5S/c1-16-22(27)25-20-15-19(9-10-21(20)31-16)32(29,30)26-13-11-17(12-14-26)23(28)24-18-7-5-3-2-4-6-8-18/h9-10,15-18H,2-8,11-14H2,1H3,(H,24,28)(H,25,27)/t16-/m0/s1. The van der Waals surface area contributed by atoms with Gasteiger partial charge in [-0.1, -0.05) is 32.1 Å². The van der Waals surface area contributed by atoms with Gasteiger partial charge in [0.15, 0.2) is 6.10 Å². The maximum Gasteiger partial charge on any atom is 0.265 e. The number of nitrogens with one attached hydrogen (secondary N) is 2. The van der Waals surface area contributed by atoms with Crippen LogP contribution in [0.25, 0.3) is 0 Å². The van der Waals surface area contributed by atoms with Crippen molar-refractivity contribution in [2.75, 3.05) is 18.4 Å². The first kappa shape index (κ1) is 23.0. The molecule has 2 aliphatic heterocycles. The third-order valence-electron chi connectivity index (χ3n) is 6.80. The van der Waals surface area contributed by atoms with Gasteiger partial charge in [0.05, 0.1) is 10.6 Å². The summed E-state index contributed by atoms with van der Waals surface area (Å²) in [4.78, 5) is 24.8. The Balaban J connectivity index is 1.35. The first-order chi connectivity index (χ1) is 15.3. The van der Waals surface area contributed by atoms with E-state index in [1.54, 1.807) is 13.0 Å². The van der Waals surface area contributed by atoms with E-state index in [4.69, 9.17) is 4.74 Å². The first-order valence-electron chi connectivity index (χ1n) is 11.8. The Hall–Kier alpha value is -2.13. The van der Waals surface area contributed by atoms with Crippen molar-refractivity contribution >= 4 is 27.5 Å². The number of amides is 2. The molecule has 8 nitrogen and oxygen atoms in total. The Morgan fingerprint density at radius 2 is 1.72 bits per heavy atom. The Morgan fingerprint density at radius 1 is 1.06 bits per heavy atom. The zero-order chi connectivity index (χ0) is 22.7. The molecule has 1 aromatic carbocycles. The Kier molecular flexibility index (Phi) is 7.05. The minimum Gasteiger partial charge on any atom is -0.479 e. The summed E-state index contributed by atoms with van der Waals surface area (Å²) in [6.07, 6.45) is 8.57. The molecule has 1 saturated carbocycles. The minimum atomic E-state index is -3.72. The van der Waals surface area contributed by atoms with Crippen LogP contribution in [0.1, 0.15) is 64.7 Å². The SMILES string of the molecule is C[C@@H]1Oc2ccc(S(=O)(=O)N3CCC(C(=O)NC4CCCCCCC4)CC3)cc2NC1=O. The molecule has 0 spiro atoms. The van der Waals surface area contributed by atoms with Crippen LogP contribution in [0, 0.1) is 5.92 Å². The molecule has 0 unspecified atom stereocenters. The van der Waals surface area contributed by atoms with E-state index in [2.05, 4.69) is 10.6 Å². The van der Waals surface area contributed by atoms with Crippen LogP contribution in [0.4, 0.5) is 5.69 Å². The molecular weight excluding hydrogens is 430 g/mol. The molecule has 4 rings (SSSR count). The van der Waals surface area contributed by atoms with E-state index in [-0.39, 0.29) is 28.7 Å². The lowest BCUT2D eigenvalue weighted by molar-refractivity contribution is -0.127. The van der Waals surface area contributed by atoms with Crippen molar-refractivity contribution in [2.24, 2.45) is 5.92 Å². The molecule has 1 aliphatic carbocycles. The highest BCUT2D eigenvalue weighted by Gasteiger charge is 2.34. The molecule has 9 heteroatoms. The smallest absolute Gasteiger partial charge is 0.265 e. The monoisotopic (exact) mass is 463 g/mol. The van der Waals surface area contributed by atoms with Crippen LogP contribution < -0.4 is 15.4 Å². The highest BCUT2D eigenvalue weighted by Crippen LogP contribution is 2.33. The summed E-state index contributed by atoms with van der Waals surface area (Å²) < 4.78 is 33.3. The lowest BCUT2D eigenvalue weighted by Crippen LogP contribution is -2.45. The van der Waals surface area contributed by atoms with Crippen LogP contribution in [0.15, 0.2) is 23.1 Å². The van der Waals surface area contributed by atoms with Crippen LogP contribution in [0.2, 0.25) is 0 Å². The Bertz CT molecular complexity index is 948. The number of ether oxygens (including phenoxy) is 1. The summed E-state index contributed by atoms with van der Waals surface area (Å²) >= 11 is 0. The number of benzene rings is 1. The number of sulfonamides is 1. The predicted octanol–water partition coefficient (Wildman–Crippen LogP) is 3.04. The molecule has 2 N–H and O–H groups in total. The van der Waals surface area contributed by atoms with Gasteiger partial charge in [0.1, 0.15) is 5.75 Å². The molecule has 2 heterocycles. The molecule has 0 bridgehead atoms. The quantitative estimate of drug-likeness (QED) is 0.714. The molecule has 32 heavy (non-hydrogen) atoms. The van der Waals surface area contributed by atoms with E-state index >= 15 is 0 Å². The first-order valence-corrected chi connectivity index (χ1v) is 13.2. The number of carbonyl (C=O) groups excluding carboxylic acids is 2. The van der Waals surface area contributed by atoms with E-state index < -0.39 is 16.1 Å². The van der Waals surface area contributed by atoms with Crippen molar-refractivity contribution in [2.45, 2.75) is 81.8 Å². The summed E-state index contributed by atoms with van der Waals surface area (Å²) in [5.74, 6) is 0.0730. The van der Waals surface area contributed by atoms with Gasteiger partial charge in [-0.25, -0.2) is 8.42 Å². The average Bonchev–Trinajstić information content (AvgIpc) is 2.76. The summed E-state index contributed by atoms with van der Waals surface area (Å²) in [6.45, 7) is 2.25. The number of anilines is 1. The second-order valence-electron chi connectivity index (χ2n) is 9.14. The fourth-order valence-corrected chi connectivity index (χ4v) is 6.27. The third kappa shape index (κ3) is 5.09. The number of fused-ring (bicyclic) bond motifs is 1. The molecule has 176 valence electrons. The normalized spacial score (nSPS) is 23.9. The molecule has 0 radical (unpaired) electrons. The van der Waals surface area contributed by atoms with Gasteiger partial charge < -0.3 is 15.4 Å². The maximum absolute atomic E-state index is 13.2. The maximum atomic E-state index is 13.2. The third-order valence-corrected chi connectivity index (χ3v) is 8.69. The summed E-state index contributed by atoms with van der Waals surface area (Å²) in [5, 5.41) is 5.92. The van der Waals surface area contributed by atoms with E-state index in [1.807, 2.05) is 0 Å². The van der Waals surface area contributed by atoms with Gasteiger partial charge in [0.2, 0.25) is 15.9 Å². The predicted molar refractivity (Wildman–Crippen MR) is 121 cm³/mol. The number of rotatable bonds is 4. The molecule has 2 amide bonds. The lowest BCUT2D eigenvalue weighted by Gasteiger charge is -2.32. The highest BCUT2D eigenvalue weighted by molar-refractivity contribution is 7.89. The average molecular weight is 464 g/mol. The summed E-state index contributed by atoms with van der Waals surface area (Å²) in [5.41, 5.74) is 0.364.